The van der Waals surface area contributed by atoms with E-state index in [2.05, 4.69) is 24.4 Å². The van der Waals surface area contributed by atoms with E-state index in [0.29, 0.717) is 0 Å². The Bertz CT molecular complexity index is 224. The van der Waals surface area contributed by atoms with Crippen LogP contribution in [0.3, 0.4) is 0 Å². The van der Waals surface area contributed by atoms with Gasteiger partial charge in [-0.25, -0.2) is 0 Å². The lowest BCUT2D eigenvalue weighted by Crippen LogP contribution is -2.04. The van der Waals surface area contributed by atoms with Crippen molar-refractivity contribution < 1.29 is 4.74 Å². The van der Waals surface area contributed by atoms with Crippen LogP contribution in [0.2, 0.25) is 0 Å². The second-order valence-electron chi connectivity index (χ2n) is 3.32. The third-order valence-corrected chi connectivity index (χ3v) is 3.05. The fraction of sp³-hybridized carbons (Fsp3) is 0.556. The summed E-state index contributed by atoms with van der Waals surface area (Å²) in [5, 5.41) is 2.13. The second-order valence-corrected chi connectivity index (χ2v) is 4.35. The first-order valence-corrected chi connectivity index (χ1v) is 4.83. The zero-order valence-electron chi connectivity index (χ0n) is 6.67. The highest BCUT2D eigenvalue weighted by Crippen LogP contribution is 2.31. The molecule has 1 fully saturated rings. The van der Waals surface area contributed by atoms with Crippen LogP contribution in [0.25, 0.3) is 0 Å². The van der Waals surface area contributed by atoms with Crippen molar-refractivity contribution in [3.63, 3.8) is 0 Å². The Labute approximate surface area is 71.0 Å². The van der Waals surface area contributed by atoms with Crippen molar-refractivity contribution in [3.05, 3.63) is 22.4 Å². The minimum Gasteiger partial charge on any atom is -0.370 e. The minimum atomic E-state index is 0.226. The van der Waals surface area contributed by atoms with Gasteiger partial charge in [0.05, 0.1) is 12.2 Å². The topological polar surface area (TPSA) is 12.5 Å². The summed E-state index contributed by atoms with van der Waals surface area (Å²) in [5.41, 5.74) is 0.226. The Morgan fingerprint density at radius 2 is 2.55 bits per heavy atom. The van der Waals surface area contributed by atoms with Gasteiger partial charge in [0.2, 0.25) is 0 Å². The molecular formula is C9H12OS. The highest BCUT2D eigenvalue weighted by atomic mass is 32.1. The Morgan fingerprint density at radius 1 is 1.73 bits per heavy atom. The van der Waals surface area contributed by atoms with Gasteiger partial charge in [0.15, 0.2) is 0 Å². The number of hydrogen-bond donors (Lipinski definition) is 0. The van der Waals surface area contributed by atoms with E-state index in [0.717, 1.165) is 6.61 Å². The predicted molar refractivity (Wildman–Crippen MR) is 47.0 cm³/mol. The molecule has 0 N–H and O–H groups in total. The fourth-order valence-electron chi connectivity index (χ4n) is 1.11. The van der Waals surface area contributed by atoms with Crippen molar-refractivity contribution in [1.29, 1.82) is 0 Å². The van der Waals surface area contributed by atoms with Gasteiger partial charge in [0, 0.05) is 4.88 Å². The summed E-state index contributed by atoms with van der Waals surface area (Å²) in [6.45, 7) is 3.14. The summed E-state index contributed by atoms with van der Waals surface area (Å²) in [6, 6.07) is 4.30. The van der Waals surface area contributed by atoms with Crippen LogP contribution in [-0.2, 0) is 11.2 Å². The van der Waals surface area contributed by atoms with Gasteiger partial charge in [0.1, 0.15) is 0 Å². The van der Waals surface area contributed by atoms with Gasteiger partial charge < -0.3 is 4.74 Å². The summed E-state index contributed by atoms with van der Waals surface area (Å²) >= 11 is 1.84. The summed E-state index contributed by atoms with van der Waals surface area (Å²) in [4.78, 5) is 1.47. The van der Waals surface area contributed by atoms with Crippen molar-refractivity contribution in [2.75, 3.05) is 6.61 Å². The molecule has 2 heterocycles. The Hall–Kier alpha value is -0.340. The van der Waals surface area contributed by atoms with E-state index in [-0.39, 0.29) is 5.60 Å². The smallest absolute Gasteiger partial charge is 0.0892 e. The average molecular weight is 168 g/mol. The number of hydrogen-bond acceptors (Lipinski definition) is 2. The van der Waals surface area contributed by atoms with E-state index in [1.54, 1.807) is 0 Å². The van der Waals surface area contributed by atoms with Crippen molar-refractivity contribution in [2.24, 2.45) is 0 Å². The zero-order chi connectivity index (χ0) is 7.73. The number of epoxide rings is 1. The Morgan fingerprint density at radius 3 is 3.09 bits per heavy atom. The molecule has 0 amide bonds. The quantitative estimate of drug-likeness (QED) is 0.632. The van der Waals surface area contributed by atoms with Gasteiger partial charge in [-0.15, -0.1) is 11.3 Å². The van der Waals surface area contributed by atoms with E-state index < -0.39 is 0 Å². The fourth-order valence-corrected chi connectivity index (χ4v) is 1.82. The molecule has 0 radical (unpaired) electrons. The first-order chi connectivity index (χ1) is 5.29. The van der Waals surface area contributed by atoms with E-state index in [9.17, 15) is 0 Å². The summed E-state index contributed by atoms with van der Waals surface area (Å²) in [6.07, 6.45) is 2.35. The number of rotatable bonds is 3. The largest absolute Gasteiger partial charge is 0.370 e. The SMILES string of the molecule is CC1(CCc2cccs2)CO1. The first kappa shape index (κ1) is 7.32. The molecule has 1 saturated heterocycles. The molecule has 1 aromatic rings. The summed E-state index contributed by atoms with van der Waals surface area (Å²) in [5.74, 6) is 0. The molecule has 0 aromatic carbocycles. The lowest BCUT2D eigenvalue weighted by Gasteiger charge is -2.01. The number of ether oxygens (including phenoxy) is 1. The third kappa shape index (κ3) is 1.82. The number of aryl methyl sites for hydroxylation is 1. The van der Waals surface area contributed by atoms with Crippen LogP contribution in [0.1, 0.15) is 18.2 Å². The maximum Gasteiger partial charge on any atom is 0.0892 e. The highest BCUT2D eigenvalue weighted by molar-refractivity contribution is 7.09. The molecular weight excluding hydrogens is 156 g/mol. The van der Waals surface area contributed by atoms with E-state index in [1.807, 2.05) is 11.3 Å². The lowest BCUT2D eigenvalue weighted by molar-refractivity contribution is 0.309. The molecule has 2 heteroatoms. The van der Waals surface area contributed by atoms with Crippen LogP contribution < -0.4 is 0 Å². The standard InChI is InChI=1S/C9H12OS/c1-9(7-10-9)5-4-8-3-2-6-11-8/h2-3,6H,4-5,7H2,1H3. The lowest BCUT2D eigenvalue weighted by atomic mass is 10.1. The third-order valence-electron chi connectivity index (χ3n) is 2.12. The van der Waals surface area contributed by atoms with Gasteiger partial charge in [-0.05, 0) is 31.2 Å². The van der Waals surface area contributed by atoms with Crippen LogP contribution in [0.15, 0.2) is 17.5 Å². The molecule has 1 unspecified atom stereocenters. The van der Waals surface area contributed by atoms with Crippen LogP contribution >= 0.6 is 11.3 Å². The molecule has 0 aliphatic carbocycles. The van der Waals surface area contributed by atoms with Gasteiger partial charge in [-0.1, -0.05) is 6.07 Å². The van der Waals surface area contributed by atoms with Crippen LogP contribution in [0, 0.1) is 0 Å². The van der Waals surface area contributed by atoms with Crippen LogP contribution in [0.4, 0.5) is 0 Å². The van der Waals surface area contributed by atoms with Gasteiger partial charge >= 0.3 is 0 Å². The van der Waals surface area contributed by atoms with Crippen LogP contribution in [0.5, 0.6) is 0 Å². The monoisotopic (exact) mass is 168 g/mol. The molecule has 0 spiro atoms. The summed E-state index contributed by atoms with van der Waals surface area (Å²) in [7, 11) is 0. The number of thiophene rings is 1. The minimum absolute atomic E-state index is 0.226. The van der Waals surface area contributed by atoms with Gasteiger partial charge in [-0.2, -0.15) is 0 Å². The van der Waals surface area contributed by atoms with Crippen molar-refractivity contribution in [3.8, 4) is 0 Å². The van der Waals surface area contributed by atoms with Crippen LogP contribution in [-0.4, -0.2) is 12.2 Å². The van der Waals surface area contributed by atoms with E-state index >= 15 is 0 Å². The Balaban J connectivity index is 1.83. The normalized spacial score (nSPS) is 28.8. The van der Waals surface area contributed by atoms with Crippen molar-refractivity contribution in [1.82, 2.24) is 0 Å². The maximum absolute atomic E-state index is 5.30. The molecule has 1 aliphatic heterocycles. The predicted octanol–water partition coefficient (Wildman–Crippen LogP) is 2.47. The highest BCUT2D eigenvalue weighted by Gasteiger charge is 2.38. The van der Waals surface area contributed by atoms with Gasteiger partial charge in [0.25, 0.3) is 0 Å². The molecule has 1 nitrogen and oxygen atoms in total. The molecule has 1 atom stereocenters. The molecule has 1 aromatic heterocycles. The Kier molecular flexibility index (Phi) is 1.74. The van der Waals surface area contributed by atoms with E-state index in [4.69, 9.17) is 4.74 Å². The first-order valence-electron chi connectivity index (χ1n) is 3.95. The zero-order valence-corrected chi connectivity index (χ0v) is 7.49. The molecule has 11 heavy (non-hydrogen) atoms. The summed E-state index contributed by atoms with van der Waals surface area (Å²) < 4.78 is 5.30. The molecule has 2 rings (SSSR count). The van der Waals surface area contributed by atoms with Gasteiger partial charge in [-0.3, -0.25) is 0 Å². The second kappa shape index (κ2) is 2.61. The van der Waals surface area contributed by atoms with Crippen molar-refractivity contribution in [2.45, 2.75) is 25.4 Å². The molecule has 0 bridgehead atoms. The average Bonchev–Trinajstić information content (AvgIpc) is 2.53. The molecule has 0 saturated carbocycles. The van der Waals surface area contributed by atoms with Crippen molar-refractivity contribution >= 4 is 11.3 Å². The maximum atomic E-state index is 5.30. The molecule has 60 valence electrons. The van der Waals surface area contributed by atoms with E-state index in [1.165, 1.54) is 17.7 Å². The molecule has 1 aliphatic rings.